The minimum absolute atomic E-state index is 0. The molecule has 0 heterocycles. The second-order valence-electron chi connectivity index (χ2n) is 6.86. The van der Waals surface area contributed by atoms with Crippen LogP contribution in [0.4, 0.5) is 0 Å². The van der Waals surface area contributed by atoms with Crippen molar-refractivity contribution in [1.82, 2.24) is 0 Å². The van der Waals surface area contributed by atoms with Gasteiger partial charge in [0.1, 0.15) is 0 Å². The van der Waals surface area contributed by atoms with Gasteiger partial charge in [-0.2, -0.15) is 0 Å². The molecule has 0 unspecified atom stereocenters. The maximum Gasteiger partial charge on any atom is -0.0771 e. The molecular formula is C29H28Cl2OSiZr-4. The van der Waals surface area contributed by atoms with Crippen LogP contribution >= 0.6 is 24.8 Å². The van der Waals surface area contributed by atoms with Crippen LogP contribution in [0.3, 0.4) is 0 Å². The van der Waals surface area contributed by atoms with E-state index in [-0.39, 0.29) is 38.8 Å². The largest absolute Gasteiger partial charge is 0.126 e. The first-order valence-corrected chi connectivity index (χ1v) is 14.2. The minimum Gasteiger partial charge on any atom is -0.126 e. The van der Waals surface area contributed by atoms with E-state index in [1.807, 2.05) is 0 Å². The summed E-state index contributed by atoms with van der Waals surface area (Å²) in [7, 11) is 0. The number of benzene rings is 4. The molecule has 6 aromatic rings. The molecule has 0 saturated carbocycles. The first-order valence-electron chi connectivity index (χ1n) is 10.0. The van der Waals surface area contributed by atoms with E-state index in [0.29, 0.717) is 0 Å². The summed E-state index contributed by atoms with van der Waals surface area (Å²) in [6.45, 7) is 6.10. The average Bonchev–Trinajstić information content (AvgIpc) is 3.40. The van der Waals surface area contributed by atoms with Crippen molar-refractivity contribution in [2.45, 2.75) is 0 Å². The van der Waals surface area contributed by atoms with Gasteiger partial charge in [-0.25, -0.2) is 0 Å². The Morgan fingerprint density at radius 2 is 0.735 bits per heavy atom. The van der Waals surface area contributed by atoms with Gasteiger partial charge in [0.15, 0.2) is 0 Å². The van der Waals surface area contributed by atoms with Crippen LogP contribution in [0.25, 0.3) is 43.1 Å². The maximum absolute atomic E-state index is 7.46. The van der Waals surface area contributed by atoms with E-state index >= 15 is 0 Å². The molecule has 6 rings (SSSR count). The summed E-state index contributed by atoms with van der Waals surface area (Å²) in [5, 5.41) is 18.2. The molecule has 5 heteroatoms. The van der Waals surface area contributed by atoms with Gasteiger partial charge in [-0.3, -0.25) is 0 Å². The van der Waals surface area contributed by atoms with Gasteiger partial charge in [-0.15, -0.1) is 104 Å². The standard InChI is InChI=1S/2C13H9.C2H5O.CH3.2ClH.Si.Zr/c2*1-3-7-12-10(5-1)9-11-6-2-4-8-13(11)12;1-2-3;;;;;/h2*1-9H;3H,1-2H2;1H3;2*1H;;/q4*-1;;;;. The van der Waals surface area contributed by atoms with Crippen molar-refractivity contribution in [1.29, 1.82) is 0 Å². The van der Waals surface area contributed by atoms with Crippen LogP contribution in [0.5, 0.6) is 0 Å². The fourth-order valence-electron chi connectivity index (χ4n) is 3.81. The third kappa shape index (κ3) is 7.63. The van der Waals surface area contributed by atoms with E-state index < -0.39 is 0 Å². The van der Waals surface area contributed by atoms with Crippen LogP contribution in [-0.2, 0) is 23.3 Å². The molecule has 1 N–H and O–H groups in total. The van der Waals surface area contributed by atoms with Gasteiger partial charge in [0, 0.05) is 0 Å². The molecule has 34 heavy (non-hydrogen) atoms. The molecule has 0 aromatic heterocycles. The summed E-state index contributed by atoms with van der Waals surface area (Å²) in [5.74, 6) is 0. The summed E-state index contributed by atoms with van der Waals surface area (Å²) < 4.78 is 0. The molecule has 0 atom stereocenters. The number of fused-ring (bicyclic) bond motifs is 6. The smallest absolute Gasteiger partial charge is 0.0771 e. The van der Waals surface area contributed by atoms with E-state index in [1.165, 1.54) is 66.4 Å². The fraction of sp³-hybridized carbons (Fsp3) is 0.0345. The molecule has 0 aliphatic heterocycles. The molecule has 1 nitrogen and oxygen atoms in total. The van der Waals surface area contributed by atoms with Gasteiger partial charge in [0.05, 0.1) is 0 Å². The van der Waals surface area contributed by atoms with Crippen LogP contribution in [0, 0.1) is 14.4 Å². The Balaban J connectivity index is 0.000000503. The number of hydrogen-bond donors (Lipinski definition) is 1. The van der Waals surface area contributed by atoms with Crippen LogP contribution < -0.4 is 0 Å². The second kappa shape index (κ2) is 16.8. The monoisotopic (exact) mass is 580 g/mol. The fourth-order valence-corrected chi connectivity index (χ4v) is 3.81. The summed E-state index contributed by atoms with van der Waals surface area (Å²) in [6.07, 6.45) is 0. The van der Waals surface area contributed by atoms with Gasteiger partial charge in [0.2, 0.25) is 0 Å². The summed E-state index contributed by atoms with van der Waals surface area (Å²) >= 11 is 1.36. The molecule has 176 valence electrons. The number of halogens is 2. The Kier molecular flexibility index (Phi) is 16.0. The van der Waals surface area contributed by atoms with Crippen molar-refractivity contribution in [3.63, 3.8) is 0 Å². The molecule has 0 aliphatic rings. The van der Waals surface area contributed by atoms with E-state index in [0.717, 1.165) is 0 Å². The van der Waals surface area contributed by atoms with E-state index in [4.69, 9.17) is 5.11 Å². The molecule has 0 bridgehead atoms. The van der Waals surface area contributed by atoms with Crippen LogP contribution in [-0.4, -0.2) is 18.6 Å². The Labute approximate surface area is 231 Å². The summed E-state index contributed by atoms with van der Waals surface area (Å²) in [4.78, 5) is 0. The minimum atomic E-state index is 0. The molecule has 0 fully saturated rings. The number of aliphatic hydroxyl groups excluding tert-OH is 1. The van der Waals surface area contributed by atoms with E-state index in [2.05, 4.69) is 123 Å². The van der Waals surface area contributed by atoms with Crippen molar-refractivity contribution in [3.05, 3.63) is 124 Å². The zero-order valence-electron chi connectivity index (χ0n) is 19.1. The van der Waals surface area contributed by atoms with E-state index in [9.17, 15) is 0 Å². The molecule has 2 radical (unpaired) electrons. The van der Waals surface area contributed by atoms with Gasteiger partial charge >= 0.3 is 30.2 Å². The normalized spacial score (nSPS) is 9.09. The molecule has 0 saturated heterocycles. The Morgan fingerprint density at radius 1 is 0.559 bits per heavy atom. The van der Waals surface area contributed by atoms with Crippen molar-refractivity contribution in [2.24, 2.45) is 0 Å². The van der Waals surface area contributed by atoms with Crippen LogP contribution in [0.1, 0.15) is 0 Å². The predicted molar refractivity (Wildman–Crippen MR) is 153 cm³/mol. The molecular weight excluding hydrogens is 555 g/mol. The number of hydrogen-bond acceptors (Lipinski definition) is 1. The van der Waals surface area contributed by atoms with Crippen molar-refractivity contribution in [3.8, 4) is 0 Å². The SMILES string of the molecule is Cl.Cl.[CH2-]CO.[CH3-].[Si]=[Zr].c1ccc2c(c1)[cH-]c1ccccc12.c1ccc2c(c1)[cH-]c1ccccc12. The predicted octanol–water partition coefficient (Wildman–Crippen LogP) is 8.15. The van der Waals surface area contributed by atoms with Crippen LogP contribution in [0.2, 0.25) is 0 Å². The van der Waals surface area contributed by atoms with E-state index in [1.54, 1.807) is 0 Å². The van der Waals surface area contributed by atoms with Gasteiger partial charge in [0.25, 0.3) is 0 Å². The second-order valence-corrected chi connectivity index (χ2v) is 6.86. The van der Waals surface area contributed by atoms with Crippen molar-refractivity contribution < 1.29 is 28.4 Å². The Morgan fingerprint density at radius 3 is 0.941 bits per heavy atom. The first-order chi connectivity index (χ1) is 15.3. The van der Waals surface area contributed by atoms with Gasteiger partial charge in [-0.05, 0) is 0 Å². The molecule has 0 spiro atoms. The molecule has 6 aromatic carbocycles. The number of aliphatic hydroxyl groups is 1. The Bertz CT molecular complexity index is 1180. The zero-order valence-corrected chi connectivity index (χ0v) is 24.2. The zero-order chi connectivity index (χ0) is 22.1. The Hall–Kier alpha value is -1.74. The van der Waals surface area contributed by atoms with Gasteiger partial charge in [-0.1, -0.05) is 79.4 Å². The average molecular weight is 583 g/mol. The number of rotatable bonds is 0. The maximum atomic E-state index is 7.46. The third-order valence-corrected chi connectivity index (χ3v) is 5.05. The van der Waals surface area contributed by atoms with Gasteiger partial charge < -0.3 is 19.5 Å². The quantitative estimate of drug-likeness (QED) is 0.142. The van der Waals surface area contributed by atoms with Crippen LogP contribution in [0.15, 0.2) is 109 Å². The van der Waals surface area contributed by atoms with Crippen molar-refractivity contribution in [2.75, 3.05) is 6.61 Å². The third-order valence-electron chi connectivity index (χ3n) is 5.05. The first kappa shape index (κ1) is 32.3. The topological polar surface area (TPSA) is 20.2 Å². The molecule has 0 amide bonds. The summed E-state index contributed by atoms with van der Waals surface area (Å²) in [6, 6.07) is 38.5. The summed E-state index contributed by atoms with van der Waals surface area (Å²) in [5.41, 5.74) is 0. The van der Waals surface area contributed by atoms with Crippen molar-refractivity contribution >= 4 is 74.8 Å². The molecule has 0 aliphatic carbocycles.